The Morgan fingerprint density at radius 2 is 1.67 bits per heavy atom. The van der Waals surface area contributed by atoms with Crippen LogP contribution in [0.25, 0.3) is 0 Å². The lowest BCUT2D eigenvalue weighted by Gasteiger charge is -1.69. The Labute approximate surface area is 34.7 Å². The molecule has 0 spiro atoms. The molecule has 2 heterocycles. The van der Waals surface area contributed by atoms with E-state index in [0.717, 1.165) is 0 Å². The Kier molecular flexibility index (Phi) is 0.155. The van der Waals surface area contributed by atoms with Crippen LogP contribution in [0.3, 0.4) is 0 Å². The highest BCUT2D eigenvalue weighted by molar-refractivity contribution is 4.76. The minimum Gasteiger partial charge on any atom is -0.188 e. The molecule has 6 heavy (non-hydrogen) atoms. The minimum atomic E-state index is 2.00. The summed E-state index contributed by atoms with van der Waals surface area (Å²) in [7, 11) is 2.00. The van der Waals surface area contributed by atoms with Gasteiger partial charge in [-0.3, -0.25) is 0 Å². The lowest BCUT2D eigenvalue weighted by molar-refractivity contribution is 0.870. The smallest absolute Gasteiger partial charge is 0.0692 e. The van der Waals surface area contributed by atoms with Gasteiger partial charge >= 0.3 is 0 Å². The van der Waals surface area contributed by atoms with Crippen molar-refractivity contribution in [3.05, 3.63) is 12.4 Å². The SMILES string of the molecule is Cn1n2ccn12. The molecule has 0 atom stereocenters. The minimum absolute atomic E-state index is 2.00. The van der Waals surface area contributed by atoms with Crippen molar-refractivity contribution in [1.29, 1.82) is 0 Å². The second-order valence-electron chi connectivity index (χ2n) is 1.43. The molecule has 0 fully saturated rings. The molecule has 0 aliphatic carbocycles. The zero-order valence-electron chi connectivity index (χ0n) is 3.50. The molecule has 0 aliphatic heterocycles. The van der Waals surface area contributed by atoms with Crippen molar-refractivity contribution in [2.24, 2.45) is 7.05 Å². The van der Waals surface area contributed by atoms with Crippen LogP contribution in [0.4, 0.5) is 0 Å². The number of fused-ring (bicyclic) bond motifs is 1. The standard InChI is InChI=1S/C3H5N3/c1-4-5-2-3-6(4)5/h2-3H,1H3. The highest BCUT2D eigenvalue weighted by Crippen LogP contribution is 1.94. The Hall–Kier alpha value is -0.860. The third-order valence-corrected chi connectivity index (χ3v) is 1.11. The molecular formula is C3H5N3. The van der Waals surface area contributed by atoms with Crippen LogP contribution >= 0.6 is 0 Å². The predicted molar refractivity (Wildman–Crippen MR) is 21.0 cm³/mol. The largest absolute Gasteiger partial charge is 0.188 e. The molecule has 0 unspecified atom stereocenters. The molecule has 0 aromatic carbocycles. The summed E-state index contributed by atoms with van der Waals surface area (Å²) >= 11 is 0. The van der Waals surface area contributed by atoms with Gasteiger partial charge in [0.15, 0.2) is 0 Å². The van der Waals surface area contributed by atoms with E-state index in [1.165, 1.54) is 0 Å². The van der Waals surface area contributed by atoms with Crippen LogP contribution in [0.15, 0.2) is 12.4 Å². The van der Waals surface area contributed by atoms with Crippen molar-refractivity contribution >= 4 is 0 Å². The molecule has 2 aromatic rings. The van der Waals surface area contributed by atoms with Gasteiger partial charge in [-0.25, -0.2) is 0 Å². The van der Waals surface area contributed by atoms with E-state index in [-0.39, 0.29) is 0 Å². The molecule has 0 radical (unpaired) electrons. The average molecular weight is 83.1 g/mol. The molecule has 3 nitrogen and oxygen atoms in total. The number of aryl methyl sites for hydroxylation is 1. The maximum Gasteiger partial charge on any atom is 0.0692 e. The van der Waals surface area contributed by atoms with Crippen LogP contribution in [0.1, 0.15) is 0 Å². The number of hydrogen-bond acceptors (Lipinski definition) is 0. The van der Waals surface area contributed by atoms with Crippen LogP contribution < -0.4 is 0 Å². The van der Waals surface area contributed by atoms with E-state index in [1.807, 2.05) is 33.5 Å². The third-order valence-electron chi connectivity index (χ3n) is 1.11. The second-order valence-corrected chi connectivity index (χ2v) is 1.43. The first-order chi connectivity index (χ1) is 2.89. The van der Waals surface area contributed by atoms with Gasteiger partial charge in [-0.05, 0) is 0 Å². The molecule has 2 aromatic heterocycles. The maximum atomic E-state index is 2.00. The topological polar surface area (TPSA) is 13.8 Å². The third kappa shape index (κ3) is 0.0719. The summed E-state index contributed by atoms with van der Waals surface area (Å²) in [6.07, 6.45) is 4.00. The average Bonchev–Trinajstić information content (AvgIpc) is 1.63. The number of rotatable bonds is 0. The van der Waals surface area contributed by atoms with E-state index in [4.69, 9.17) is 0 Å². The zero-order valence-corrected chi connectivity index (χ0v) is 3.50. The summed E-state index contributed by atoms with van der Waals surface area (Å²) in [5, 5.41) is 0. The lowest BCUT2D eigenvalue weighted by Crippen LogP contribution is -1.75. The fraction of sp³-hybridized carbons (Fsp3) is 0.333. The quantitative estimate of drug-likeness (QED) is 0.419. The van der Waals surface area contributed by atoms with Crippen LogP contribution in [0.2, 0.25) is 0 Å². The summed E-state index contributed by atoms with van der Waals surface area (Å²) in [6, 6.07) is 0. The van der Waals surface area contributed by atoms with Crippen molar-refractivity contribution in [2.45, 2.75) is 0 Å². The summed E-state index contributed by atoms with van der Waals surface area (Å²) in [6.45, 7) is 0. The van der Waals surface area contributed by atoms with Crippen molar-refractivity contribution < 1.29 is 0 Å². The van der Waals surface area contributed by atoms with Gasteiger partial charge in [0, 0.05) is 7.05 Å². The van der Waals surface area contributed by atoms with Crippen molar-refractivity contribution in [3.8, 4) is 0 Å². The van der Waals surface area contributed by atoms with Gasteiger partial charge in [0.25, 0.3) is 0 Å². The van der Waals surface area contributed by atoms with Crippen LogP contribution in [-0.4, -0.2) is 14.1 Å². The highest BCUT2D eigenvalue weighted by Gasteiger charge is 2.02. The summed E-state index contributed by atoms with van der Waals surface area (Å²) < 4.78 is 4.00. The Bertz CT molecular complexity index is 200. The summed E-state index contributed by atoms with van der Waals surface area (Å²) in [5.41, 5.74) is 0. The molecule has 0 bridgehead atoms. The first-order valence-corrected chi connectivity index (χ1v) is 1.90. The second kappa shape index (κ2) is 0.397. The van der Waals surface area contributed by atoms with Crippen molar-refractivity contribution in [3.63, 3.8) is 0 Å². The van der Waals surface area contributed by atoms with E-state index >= 15 is 0 Å². The van der Waals surface area contributed by atoms with Gasteiger partial charge < -0.3 is 0 Å². The fourth-order valence-corrected chi connectivity index (χ4v) is 0.598. The maximum absolute atomic E-state index is 2.00. The van der Waals surface area contributed by atoms with E-state index in [1.54, 1.807) is 0 Å². The Morgan fingerprint density at radius 3 is 1.67 bits per heavy atom. The molecule has 0 saturated heterocycles. The molecule has 0 amide bonds. The van der Waals surface area contributed by atoms with Gasteiger partial charge in [0.05, 0.1) is 12.4 Å². The lowest BCUT2D eigenvalue weighted by atomic mass is 10.9. The van der Waals surface area contributed by atoms with Gasteiger partial charge in [-0.1, -0.05) is 0 Å². The normalized spacial score (nSPS) is 12.2. The monoisotopic (exact) mass is 83.0 g/mol. The zero-order chi connectivity index (χ0) is 4.15. The van der Waals surface area contributed by atoms with E-state index < -0.39 is 0 Å². The Morgan fingerprint density at radius 1 is 1.17 bits per heavy atom. The van der Waals surface area contributed by atoms with Crippen LogP contribution in [0.5, 0.6) is 0 Å². The Balaban J connectivity index is 2.95. The fourth-order valence-electron chi connectivity index (χ4n) is 0.598. The number of hydrogen-bond donors (Lipinski definition) is 0. The van der Waals surface area contributed by atoms with Gasteiger partial charge in [0.2, 0.25) is 0 Å². The highest BCUT2D eigenvalue weighted by atomic mass is 15.9. The van der Waals surface area contributed by atoms with E-state index in [0.29, 0.717) is 0 Å². The molecular weight excluding hydrogens is 78.1 g/mol. The molecule has 0 N–H and O–H groups in total. The molecule has 0 aliphatic rings. The van der Waals surface area contributed by atoms with Gasteiger partial charge in [-0.2, -0.15) is 14.1 Å². The van der Waals surface area contributed by atoms with Crippen molar-refractivity contribution in [2.75, 3.05) is 0 Å². The first-order valence-electron chi connectivity index (χ1n) is 1.90. The first kappa shape index (κ1) is 2.34. The molecule has 32 valence electrons. The number of aromatic nitrogens is 3. The van der Waals surface area contributed by atoms with Crippen molar-refractivity contribution in [1.82, 2.24) is 14.1 Å². The van der Waals surface area contributed by atoms with Crippen LogP contribution in [0, 0.1) is 0 Å². The molecule has 0 saturated carbocycles. The summed E-state index contributed by atoms with van der Waals surface area (Å²) in [5.74, 6) is 0. The summed E-state index contributed by atoms with van der Waals surface area (Å²) in [4.78, 5) is 2.00. The molecule has 3 heteroatoms. The van der Waals surface area contributed by atoms with Gasteiger partial charge in [0.1, 0.15) is 0 Å². The molecule has 2 rings (SSSR count). The van der Waals surface area contributed by atoms with Gasteiger partial charge in [-0.15, -0.1) is 0 Å². The predicted octanol–water partition coefficient (Wildman–Crippen LogP) is -0.185. The number of nitrogens with zero attached hydrogens (tertiary/aromatic N) is 3. The van der Waals surface area contributed by atoms with E-state index in [9.17, 15) is 0 Å². The van der Waals surface area contributed by atoms with E-state index in [2.05, 4.69) is 0 Å². The van der Waals surface area contributed by atoms with Crippen LogP contribution in [-0.2, 0) is 7.05 Å².